The van der Waals surface area contributed by atoms with Gasteiger partial charge >= 0.3 is 5.97 Å². The standard InChI is InChI=1S/C19H17N3O2/c23-19(24)17(9-13-11-20-16-8-4-2-6-14(13)16)22-18-10-12-5-1-3-7-15(12)21-18/h1-8,10-11,17,20-22H,9H2,(H,23,24)/t17-/m0/s1. The van der Waals surface area contributed by atoms with E-state index in [2.05, 4.69) is 15.3 Å². The molecule has 2 aromatic heterocycles. The van der Waals surface area contributed by atoms with Gasteiger partial charge in [-0.05, 0) is 23.8 Å². The maximum Gasteiger partial charge on any atom is 0.326 e. The molecule has 0 aliphatic carbocycles. The molecular weight excluding hydrogens is 302 g/mol. The second-order valence-corrected chi connectivity index (χ2v) is 5.87. The van der Waals surface area contributed by atoms with Gasteiger partial charge in [-0.3, -0.25) is 0 Å². The highest BCUT2D eigenvalue weighted by molar-refractivity contribution is 5.87. The molecule has 0 bridgehead atoms. The highest BCUT2D eigenvalue weighted by atomic mass is 16.4. The van der Waals surface area contributed by atoms with Crippen LogP contribution in [0.2, 0.25) is 0 Å². The number of hydrogen-bond acceptors (Lipinski definition) is 2. The van der Waals surface area contributed by atoms with Crippen molar-refractivity contribution < 1.29 is 9.90 Å². The van der Waals surface area contributed by atoms with E-state index in [-0.39, 0.29) is 0 Å². The van der Waals surface area contributed by atoms with Crippen molar-refractivity contribution in [2.24, 2.45) is 0 Å². The average molecular weight is 319 g/mol. The zero-order valence-corrected chi connectivity index (χ0v) is 12.9. The Kier molecular flexibility index (Phi) is 3.46. The maximum absolute atomic E-state index is 11.7. The molecule has 0 amide bonds. The lowest BCUT2D eigenvalue weighted by Gasteiger charge is -2.14. The predicted octanol–water partition coefficient (Wildman–Crippen LogP) is 3.76. The molecule has 24 heavy (non-hydrogen) atoms. The number of benzene rings is 2. The van der Waals surface area contributed by atoms with Gasteiger partial charge in [0.2, 0.25) is 0 Å². The molecule has 2 heterocycles. The molecule has 5 nitrogen and oxygen atoms in total. The molecule has 0 spiro atoms. The minimum atomic E-state index is -0.876. The van der Waals surface area contributed by atoms with E-state index in [9.17, 15) is 9.90 Å². The van der Waals surface area contributed by atoms with Crippen LogP contribution in [0.25, 0.3) is 21.8 Å². The summed E-state index contributed by atoms with van der Waals surface area (Å²) in [6.45, 7) is 0. The van der Waals surface area contributed by atoms with E-state index in [1.54, 1.807) is 0 Å². The highest BCUT2D eigenvalue weighted by Gasteiger charge is 2.20. The summed E-state index contributed by atoms with van der Waals surface area (Å²) in [5.41, 5.74) is 2.99. The molecule has 4 N–H and O–H groups in total. The zero-order chi connectivity index (χ0) is 16.5. The molecule has 0 fully saturated rings. The first kappa shape index (κ1) is 14.4. The van der Waals surface area contributed by atoms with Gasteiger partial charge in [0.25, 0.3) is 0 Å². The third-order valence-electron chi connectivity index (χ3n) is 4.26. The number of aliphatic carboxylic acids is 1. The Morgan fingerprint density at radius 1 is 1.08 bits per heavy atom. The lowest BCUT2D eigenvalue weighted by atomic mass is 10.1. The van der Waals surface area contributed by atoms with Crippen LogP contribution in [0.4, 0.5) is 5.82 Å². The molecule has 0 saturated heterocycles. The number of anilines is 1. The Morgan fingerprint density at radius 3 is 2.62 bits per heavy atom. The Morgan fingerprint density at radius 2 is 1.83 bits per heavy atom. The monoisotopic (exact) mass is 319 g/mol. The van der Waals surface area contributed by atoms with Gasteiger partial charge in [-0.15, -0.1) is 0 Å². The molecule has 0 unspecified atom stereocenters. The third-order valence-corrected chi connectivity index (χ3v) is 4.26. The van der Waals surface area contributed by atoms with E-state index in [1.807, 2.05) is 60.8 Å². The maximum atomic E-state index is 11.7. The van der Waals surface area contributed by atoms with Crippen molar-refractivity contribution in [1.82, 2.24) is 9.97 Å². The molecule has 1 atom stereocenters. The van der Waals surface area contributed by atoms with Crippen LogP contribution in [0.1, 0.15) is 5.56 Å². The second-order valence-electron chi connectivity index (χ2n) is 5.87. The molecule has 0 saturated carbocycles. The molecule has 2 aromatic carbocycles. The summed E-state index contributed by atoms with van der Waals surface area (Å²) in [5.74, 6) is -0.164. The molecule has 120 valence electrons. The van der Waals surface area contributed by atoms with E-state index in [4.69, 9.17) is 0 Å². The Bertz CT molecular complexity index is 982. The average Bonchev–Trinajstić information content (AvgIpc) is 3.18. The Hall–Kier alpha value is -3.21. The molecule has 4 rings (SSSR count). The number of carboxylic acid groups (broad SMARTS) is 1. The predicted molar refractivity (Wildman–Crippen MR) is 95.3 cm³/mol. The van der Waals surface area contributed by atoms with Crippen molar-refractivity contribution in [3.05, 3.63) is 66.4 Å². The van der Waals surface area contributed by atoms with Crippen LogP contribution in [-0.4, -0.2) is 27.1 Å². The van der Waals surface area contributed by atoms with Crippen LogP contribution in [0, 0.1) is 0 Å². The first-order chi connectivity index (χ1) is 11.7. The summed E-state index contributed by atoms with van der Waals surface area (Å²) in [5, 5.41) is 14.8. The summed E-state index contributed by atoms with van der Waals surface area (Å²) in [6.07, 6.45) is 2.28. The number of nitrogens with one attached hydrogen (secondary N) is 3. The van der Waals surface area contributed by atoms with Crippen LogP contribution in [0.3, 0.4) is 0 Å². The smallest absolute Gasteiger partial charge is 0.326 e. The van der Waals surface area contributed by atoms with E-state index in [0.29, 0.717) is 12.2 Å². The molecule has 5 heteroatoms. The van der Waals surface area contributed by atoms with Crippen LogP contribution in [-0.2, 0) is 11.2 Å². The Balaban J connectivity index is 1.61. The van der Waals surface area contributed by atoms with Gasteiger partial charge in [-0.1, -0.05) is 36.4 Å². The van der Waals surface area contributed by atoms with Crippen molar-refractivity contribution >= 4 is 33.6 Å². The van der Waals surface area contributed by atoms with Gasteiger partial charge < -0.3 is 20.4 Å². The van der Waals surface area contributed by atoms with Gasteiger partial charge in [0.05, 0.1) is 0 Å². The van der Waals surface area contributed by atoms with Crippen LogP contribution < -0.4 is 5.32 Å². The van der Waals surface area contributed by atoms with Gasteiger partial charge in [0.1, 0.15) is 11.9 Å². The lowest BCUT2D eigenvalue weighted by molar-refractivity contribution is -0.137. The van der Waals surface area contributed by atoms with Crippen LogP contribution in [0.5, 0.6) is 0 Å². The SMILES string of the molecule is O=C(O)[C@H](Cc1c[nH]c2ccccc12)Nc1cc2ccccc2[nH]1. The van der Waals surface area contributed by atoms with Crippen LogP contribution in [0.15, 0.2) is 60.8 Å². The van der Waals surface area contributed by atoms with Crippen molar-refractivity contribution in [1.29, 1.82) is 0 Å². The number of carbonyl (C=O) groups is 1. The Labute approximate surface area is 138 Å². The summed E-state index contributed by atoms with van der Waals surface area (Å²) in [6, 6.07) is 17.0. The van der Waals surface area contributed by atoms with Crippen molar-refractivity contribution in [2.45, 2.75) is 12.5 Å². The summed E-state index contributed by atoms with van der Waals surface area (Å²) in [4.78, 5) is 18.1. The van der Waals surface area contributed by atoms with Crippen molar-refractivity contribution in [3.63, 3.8) is 0 Å². The molecule has 0 radical (unpaired) electrons. The molecule has 0 aliphatic heterocycles. The molecular formula is C19H17N3O2. The van der Waals surface area contributed by atoms with E-state index in [1.165, 1.54) is 0 Å². The van der Waals surface area contributed by atoms with E-state index in [0.717, 1.165) is 27.4 Å². The summed E-state index contributed by atoms with van der Waals surface area (Å²) < 4.78 is 0. The number of carboxylic acids is 1. The van der Waals surface area contributed by atoms with Crippen LogP contribution >= 0.6 is 0 Å². The van der Waals surface area contributed by atoms with Gasteiger partial charge in [-0.25, -0.2) is 4.79 Å². The van der Waals surface area contributed by atoms with E-state index >= 15 is 0 Å². The number of fused-ring (bicyclic) bond motifs is 2. The quantitative estimate of drug-likeness (QED) is 0.452. The number of aromatic nitrogens is 2. The second kappa shape index (κ2) is 5.77. The zero-order valence-electron chi connectivity index (χ0n) is 12.9. The third kappa shape index (κ3) is 2.60. The molecule has 4 aromatic rings. The number of aromatic amines is 2. The first-order valence-corrected chi connectivity index (χ1v) is 7.83. The largest absolute Gasteiger partial charge is 0.480 e. The number of para-hydroxylation sites is 2. The van der Waals surface area contributed by atoms with Crippen molar-refractivity contribution in [2.75, 3.05) is 5.32 Å². The number of hydrogen-bond donors (Lipinski definition) is 4. The topological polar surface area (TPSA) is 80.9 Å². The van der Waals surface area contributed by atoms with Crippen molar-refractivity contribution in [3.8, 4) is 0 Å². The molecule has 0 aliphatic rings. The fourth-order valence-corrected chi connectivity index (χ4v) is 3.06. The minimum Gasteiger partial charge on any atom is -0.480 e. The first-order valence-electron chi connectivity index (χ1n) is 7.83. The fraction of sp³-hybridized carbons (Fsp3) is 0.105. The number of rotatable bonds is 5. The summed E-state index contributed by atoms with van der Waals surface area (Å²) >= 11 is 0. The summed E-state index contributed by atoms with van der Waals surface area (Å²) in [7, 11) is 0. The van der Waals surface area contributed by atoms with Gasteiger partial charge in [0.15, 0.2) is 0 Å². The highest BCUT2D eigenvalue weighted by Crippen LogP contribution is 2.22. The van der Waals surface area contributed by atoms with Gasteiger partial charge in [-0.2, -0.15) is 0 Å². The normalized spacial score (nSPS) is 12.5. The fourth-order valence-electron chi connectivity index (χ4n) is 3.06. The lowest BCUT2D eigenvalue weighted by Crippen LogP contribution is -2.31. The number of H-pyrrole nitrogens is 2. The van der Waals surface area contributed by atoms with Gasteiger partial charge in [0, 0.05) is 34.4 Å². The minimum absolute atomic E-state index is 0.398. The van der Waals surface area contributed by atoms with E-state index < -0.39 is 12.0 Å².